The first-order valence-electron chi connectivity index (χ1n) is 12.4. The van der Waals surface area contributed by atoms with Gasteiger partial charge in [0.2, 0.25) is 21.9 Å². The number of fused-ring (bicyclic) bond motifs is 1. The van der Waals surface area contributed by atoms with Crippen LogP contribution in [0.2, 0.25) is 0 Å². The van der Waals surface area contributed by atoms with Crippen molar-refractivity contribution in [3.8, 4) is 0 Å². The highest BCUT2D eigenvalue weighted by atomic mass is 32.2. The molecule has 0 N–H and O–H groups in total. The van der Waals surface area contributed by atoms with Crippen molar-refractivity contribution in [1.82, 2.24) is 9.21 Å². The lowest BCUT2D eigenvalue weighted by Crippen LogP contribution is -2.52. The van der Waals surface area contributed by atoms with Gasteiger partial charge in [-0.25, -0.2) is 21.6 Å². The molecule has 2 fully saturated rings. The summed E-state index contributed by atoms with van der Waals surface area (Å²) in [7, 11) is -4.15. The van der Waals surface area contributed by atoms with E-state index < -0.39 is 46.7 Å². The monoisotopic (exact) mass is 534 g/mol. The van der Waals surface area contributed by atoms with Crippen LogP contribution in [0.25, 0.3) is 11.0 Å². The normalized spacial score (nSPS) is 22.9. The molecule has 0 bridgehead atoms. The summed E-state index contributed by atoms with van der Waals surface area (Å²) in [6.07, 6.45) is -0.794. The van der Waals surface area contributed by atoms with Crippen molar-refractivity contribution in [2.75, 3.05) is 6.54 Å². The van der Waals surface area contributed by atoms with E-state index in [2.05, 4.69) is 0 Å². The van der Waals surface area contributed by atoms with Crippen LogP contribution >= 0.6 is 0 Å². The number of carbonyl (C=O) groups excluding carboxylic acids is 1. The van der Waals surface area contributed by atoms with Gasteiger partial charge in [-0.15, -0.1) is 0 Å². The Labute approximate surface area is 214 Å². The van der Waals surface area contributed by atoms with Crippen molar-refractivity contribution >= 4 is 26.9 Å². The molecule has 2 aromatic carbocycles. The first-order chi connectivity index (χ1) is 17.5. The molecule has 1 aliphatic heterocycles. The highest BCUT2D eigenvalue weighted by Crippen LogP contribution is 2.37. The SMILES string of the molecule is Cc1ccc(S(=O)(=O)N2C[C@@H](F)C[C@H]2C(=O)N(Cc2ccc3ccoc3c2)C2CCC(F)(F)CC2)cc1. The highest BCUT2D eigenvalue weighted by molar-refractivity contribution is 7.89. The van der Waals surface area contributed by atoms with Crippen LogP contribution in [-0.2, 0) is 21.4 Å². The van der Waals surface area contributed by atoms with Gasteiger partial charge in [-0.1, -0.05) is 29.8 Å². The lowest BCUT2D eigenvalue weighted by Gasteiger charge is -2.39. The second-order valence-electron chi connectivity index (χ2n) is 10.1. The topological polar surface area (TPSA) is 70.8 Å². The van der Waals surface area contributed by atoms with Crippen molar-refractivity contribution in [2.45, 2.75) is 74.6 Å². The van der Waals surface area contributed by atoms with Crippen LogP contribution in [0.3, 0.4) is 0 Å². The van der Waals surface area contributed by atoms with E-state index in [4.69, 9.17) is 4.42 Å². The molecule has 37 heavy (non-hydrogen) atoms. The Hall–Kier alpha value is -2.85. The maximum absolute atomic E-state index is 14.7. The Morgan fingerprint density at radius 3 is 2.51 bits per heavy atom. The number of rotatable bonds is 6. The van der Waals surface area contributed by atoms with Crippen molar-refractivity contribution in [3.63, 3.8) is 0 Å². The number of aryl methyl sites for hydroxylation is 1. The molecular weight excluding hydrogens is 505 g/mol. The molecule has 1 saturated heterocycles. The Kier molecular flexibility index (Phi) is 6.83. The Morgan fingerprint density at radius 2 is 1.81 bits per heavy atom. The predicted octanol–water partition coefficient (Wildman–Crippen LogP) is 5.45. The van der Waals surface area contributed by atoms with Crippen LogP contribution in [-0.4, -0.2) is 54.3 Å². The fourth-order valence-electron chi connectivity index (χ4n) is 5.30. The molecule has 2 aliphatic rings. The summed E-state index contributed by atoms with van der Waals surface area (Å²) in [5.74, 6) is -3.36. The second-order valence-corrected chi connectivity index (χ2v) is 12.0. The number of nitrogens with zero attached hydrogens (tertiary/aromatic N) is 2. The first kappa shape index (κ1) is 25.8. The zero-order valence-electron chi connectivity index (χ0n) is 20.4. The summed E-state index contributed by atoms with van der Waals surface area (Å²) in [4.78, 5) is 15.4. The number of hydrogen-bond acceptors (Lipinski definition) is 4. The molecule has 0 spiro atoms. The van der Waals surface area contributed by atoms with Crippen molar-refractivity contribution in [3.05, 3.63) is 65.9 Å². The number of carbonyl (C=O) groups is 1. The number of alkyl halides is 3. The summed E-state index contributed by atoms with van der Waals surface area (Å²) in [6, 6.07) is 11.7. The minimum atomic E-state index is -4.15. The van der Waals surface area contributed by atoms with Crippen LogP contribution in [0.5, 0.6) is 0 Å². The average molecular weight is 535 g/mol. The quantitative estimate of drug-likeness (QED) is 0.422. The smallest absolute Gasteiger partial charge is 0.248 e. The summed E-state index contributed by atoms with van der Waals surface area (Å²) in [5.41, 5.74) is 2.20. The van der Waals surface area contributed by atoms with E-state index in [1.54, 1.807) is 30.5 Å². The lowest BCUT2D eigenvalue weighted by atomic mass is 9.90. The van der Waals surface area contributed by atoms with Gasteiger partial charge in [0.1, 0.15) is 17.8 Å². The van der Waals surface area contributed by atoms with Crippen LogP contribution in [0, 0.1) is 6.92 Å². The molecule has 6 nitrogen and oxygen atoms in total. The van der Waals surface area contributed by atoms with Crippen molar-refractivity contribution < 1.29 is 30.8 Å². The first-order valence-corrected chi connectivity index (χ1v) is 13.8. The molecule has 10 heteroatoms. The zero-order chi connectivity index (χ0) is 26.4. The molecule has 5 rings (SSSR count). The van der Waals surface area contributed by atoms with Crippen LogP contribution < -0.4 is 0 Å². The van der Waals surface area contributed by atoms with E-state index >= 15 is 0 Å². The number of furan rings is 1. The van der Waals surface area contributed by atoms with Gasteiger partial charge in [-0.2, -0.15) is 4.31 Å². The predicted molar refractivity (Wildman–Crippen MR) is 132 cm³/mol. The fraction of sp³-hybridized carbons (Fsp3) is 0.444. The summed E-state index contributed by atoms with van der Waals surface area (Å²) >= 11 is 0. The van der Waals surface area contributed by atoms with E-state index in [0.29, 0.717) is 5.58 Å². The standard InChI is InChI=1S/C27H29F3N2O4S/c1-18-2-6-23(7-3-18)37(34,35)32-17-21(28)15-24(32)26(33)31(22-8-11-27(29,30)12-9-22)16-19-4-5-20-10-13-36-25(20)14-19/h2-7,10,13-14,21-22,24H,8-9,11-12,15-17H2,1H3/t21-,24-/m0/s1. The summed E-state index contributed by atoms with van der Waals surface area (Å²) < 4.78 is 75.8. The fourth-order valence-corrected chi connectivity index (χ4v) is 6.92. The van der Waals surface area contributed by atoms with E-state index in [9.17, 15) is 26.4 Å². The Morgan fingerprint density at radius 1 is 1.11 bits per heavy atom. The van der Waals surface area contributed by atoms with Crippen LogP contribution in [0.15, 0.2) is 64.1 Å². The van der Waals surface area contributed by atoms with Crippen LogP contribution in [0.1, 0.15) is 43.2 Å². The van der Waals surface area contributed by atoms with Crippen LogP contribution in [0.4, 0.5) is 13.2 Å². The molecule has 2 atom stereocenters. The molecule has 0 unspecified atom stereocenters. The van der Waals surface area contributed by atoms with Crippen molar-refractivity contribution in [1.29, 1.82) is 0 Å². The van der Waals surface area contributed by atoms with Gasteiger partial charge < -0.3 is 9.32 Å². The van der Waals surface area contributed by atoms with E-state index in [1.807, 2.05) is 19.1 Å². The Bertz CT molecular complexity index is 1380. The largest absolute Gasteiger partial charge is 0.464 e. The molecule has 198 valence electrons. The van der Waals surface area contributed by atoms with Gasteiger partial charge in [0.05, 0.1) is 11.2 Å². The maximum Gasteiger partial charge on any atom is 0.248 e. The van der Waals surface area contributed by atoms with E-state index in [0.717, 1.165) is 20.8 Å². The molecule has 2 heterocycles. The summed E-state index contributed by atoms with van der Waals surface area (Å²) in [5, 5.41) is 0.880. The number of halogens is 3. The minimum Gasteiger partial charge on any atom is -0.464 e. The number of amides is 1. The third-order valence-electron chi connectivity index (χ3n) is 7.40. The van der Waals surface area contributed by atoms with Gasteiger partial charge in [0.25, 0.3) is 0 Å². The number of sulfonamides is 1. The molecule has 1 amide bonds. The molecule has 1 aliphatic carbocycles. The lowest BCUT2D eigenvalue weighted by molar-refractivity contribution is -0.141. The summed E-state index contributed by atoms with van der Waals surface area (Å²) in [6.45, 7) is 1.47. The van der Waals surface area contributed by atoms with Gasteiger partial charge in [-0.3, -0.25) is 4.79 Å². The van der Waals surface area contributed by atoms with Gasteiger partial charge in [0, 0.05) is 43.8 Å². The van der Waals surface area contributed by atoms with Gasteiger partial charge >= 0.3 is 0 Å². The Balaban J connectivity index is 1.46. The number of benzene rings is 2. The third-order valence-corrected chi connectivity index (χ3v) is 9.29. The molecule has 0 radical (unpaired) electrons. The van der Waals surface area contributed by atoms with Gasteiger partial charge in [-0.05, 0) is 49.6 Å². The molecule has 3 aromatic rings. The molecule has 1 saturated carbocycles. The maximum atomic E-state index is 14.7. The second kappa shape index (κ2) is 9.79. The van der Waals surface area contributed by atoms with E-state index in [1.165, 1.54) is 17.0 Å². The molecule has 1 aromatic heterocycles. The third kappa shape index (κ3) is 5.27. The zero-order valence-corrected chi connectivity index (χ0v) is 21.3. The highest BCUT2D eigenvalue weighted by Gasteiger charge is 2.47. The number of hydrogen-bond donors (Lipinski definition) is 0. The average Bonchev–Trinajstić information content (AvgIpc) is 3.49. The van der Waals surface area contributed by atoms with Crippen molar-refractivity contribution in [2.24, 2.45) is 0 Å². The van der Waals surface area contributed by atoms with Gasteiger partial charge in [0.15, 0.2) is 0 Å². The minimum absolute atomic E-state index is 0.0165. The molecular formula is C27H29F3N2O4S. The van der Waals surface area contributed by atoms with E-state index in [-0.39, 0.29) is 43.5 Å².